The van der Waals surface area contributed by atoms with Crippen LogP contribution in [-0.2, 0) is 6.54 Å². The molecule has 0 saturated carbocycles. The Labute approximate surface area is 182 Å². The number of halogens is 1. The van der Waals surface area contributed by atoms with Crippen LogP contribution in [0, 0.1) is 12.7 Å². The molecule has 158 valence electrons. The Morgan fingerprint density at radius 3 is 2.65 bits per heavy atom. The lowest BCUT2D eigenvalue weighted by molar-refractivity contribution is 0.0631. The summed E-state index contributed by atoms with van der Waals surface area (Å²) in [6.45, 7) is 5.69. The van der Waals surface area contributed by atoms with Gasteiger partial charge in [-0.3, -0.25) is 9.69 Å². The number of aromatic nitrogens is 2. The molecule has 3 aromatic heterocycles. The zero-order chi connectivity index (χ0) is 21.4. The van der Waals surface area contributed by atoms with Gasteiger partial charge in [-0.15, -0.1) is 11.3 Å². The van der Waals surface area contributed by atoms with E-state index in [1.807, 2.05) is 4.90 Å². The van der Waals surface area contributed by atoms with Crippen molar-refractivity contribution in [1.82, 2.24) is 19.9 Å². The second kappa shape index (κ2) is 8.20. The van der Waals surface area contributed by atoms with Crippen molar-refractivity contribution < 1.29 is 13.7 Å². The Kier molecular flexibility index (Phi) is 5.25. The molecule has 1 aromatic carbocycles. The van der Waals surface area contributed by atoms with Crippen LogP contribution >= 0.6 is 11.3 Å². The number of pyridine rings is 1. The lowest BCUT2D eigenvalue weighted by atomic mass is 10.0. The number of fused-ring (bicyclic) bond motifs is 1. The number of aryl methyl sites for hydroxylation is 1. The first kappa shape index (κ1) is 19.8. The summed E-state index contributed by atoms with van der Waals surface area (Å²) in [5, 5.41) is 6.73. The molecule has 1 aliphatic rings. The summed E-state index contributed by atoms with van der Waals surface area (Å²) in [5.41, 5.74) is 2.75. The molecule has 8 heteroatoms. The first-order valence-electron chi connectivity index (χ1n) is 10.2. The van der Waals surface area contributed by atoms with Gasteiger partial charge in [-0.25, -0.2) is 9.37 Å². The lowest BCUT2D eigenvalue weighted by Gasteiger charge is -2.34. The third-order valence-corrected chi connectivity index (χ3v) is 6.47. The number of piperazine rings is 1. The molecule has 0 unspecified atom stereocenters. The number of carbonyl (C=O) groups is 1. The minimum Gasteiger partial charge on any atom is -0.336 e. The molecule has 1 saturated heterocycles. The molecular formula is C23H21FN4O2S. The van der Waals surface area contributed by atoms with E-state index in [0.717, 1.165) is 19.6 Å². The van der Waals surface area contributed by atoms with Crippen LogP contribution in [0.5, 0.6) is 0 Å². The Bertz CT molecular complexity index is 1210. The van der Waals surface area contributed by atoms with Gasteiger partial charge in [0.2, 0.25) is 0 Å². The molecule has 0 bridgehead atoms. The summed E-state index contributed by atoms with van der Waals surface area (Å²) in [7, 11) is 0. The number of thiophene rings is 1. The van der Waals surface area contributed by atoms with Gasteiger partial charge in [0.1, 0.15) is 5.82 Å². The highest BCUT2D eigenvalue weighted by molar-refractivity contribution is 7.09. The topological polar surface area (TPSA) is 62.5 Å². The van der Waals surface area contributed by atoms with Crippen molar-refractivity contribution in [2.45, 2.75) is 13.5 Å². The number of amides is 1. The van der Waals surface area contributed by atoms with E-state index in [2.05, 4.69) is 32.6 Å². The first-order valence-corrected chi connectivity index (χ1v) is 11.0. The zero-order valence-electron chi connectivity index (χ0n) is 17.0. The summed E-state index contributed by atoms with van der Waals surface area (Å²) in [4.78, 5) is 23.6. The van der Waals surface area contributed by atoms with Crippen molar-refractivity contribution in [3.05, 3.63) is 69.8 Å². The predicted molar refractivity (Wildman–Crippen MR) is 117 cm³/mol. The number of hydrogen-bond acceptors (Lipinski definition) is 6. The van der Waals surface area contributed by atoms with E-state index in [9.17, 15) is 9.18 Å². The van der Waals surface area contributed by atoms with Crippen molar-refractivity contribution in [2.24, 2.45) is 0 Å². The van der Waals surface area contributed by atoms with E-state index in [4.69, 9.17) is 4.52 Å². The summed E-state index contributed by atoms with van der Waals surface area (Å²) in [6.07, 6.45) is 0. The highest BCUT2D eigenvalue weighted by atomic mass is 32.1. The van der Waals surface area contributed by atoms with Crippen molar-refractivity contribution in [1.29, 1.82) is 0 Å². The molecule has 0 atom stereocenters. The van der Waals surface area contributed by atoms with Crippen LogP contribution < -0.4 is 0 Å². The number of benzene rings is 1. The molecule has 0 N–H and O–H groups in total. The molecule has 1 fully saturated rings. The summed E-state index contributed by atoms with van der Waals surface area (Å²) < 4.78 is 18.7. The fourth-order valence-corrected chi connectivity index (χ4v) is 4.68. The Balaban J connectivity index is 1.41. The van der Waals surface area contributed by atoms with Crippen LogP contribution in [0.1, 0.15) is 20.9 Å². The van der Waals surface area contributed by atoms with E-state index in [1.54, 1.807) is 36.5 Å². The molecule has 6 nitrogen and oxygen atoms in total. The molecule has 31 heavy (non-hydrogen) atoms. The van der Waals surface area contributed by atoms with E-state index in [1.165, 1.54) is 17.0 Å². The van der Waals surface area contributed by atoms with E-state index >= 15 is 0 Å². The van der Waals surface area contributed by atoms with E-state index in [-0.39, 0.29) is 11.7 Å². The van der Waals surface area contributed by atoms with Gasteiger partial charge in [0.05, 0.1) is 22.3 Å². The minimum atomic E-state index is -0.322. The first-order chi connectivity index (χ1) is 15.1. The van der Waals surface area contributed by atoms with Crippen LogP contribution in [0.2, 0.25) is 0 Å². The van der Waals surface area contributed by atoms with Crippen molar-refractivity contribution in [2.75, 3.05) is 26.2 Å². The van der Waals surface area contributed by atoms with Gasteiger partial charge < -0.3 is 9.42 Å². The fourth-order valence-electron chi connectivity index (χ4n) is 3.93. The average Bonchev–Trinajstić information content (AvgIpc) is 3.43. The molecule has 1 amide bonds. The average molecular weight is 437 g/mol. The summed E-state index contributed by atoms with van der Waals surface area (Å²) in [5.74, 6) is -0.380. The lowest BCUT2D eigenvalue weighted by Crippen LogP contribution is -2.48. The van der Waals surface area contributed by atoms with E-state index in [0.29, 0.717) is 46.7 Å². The SMILES string of the molecule is Cc1noc2nc(-c3ccc(F)cc3)cc(C(=O)N3CCN(Cc4cccs4)CC3)c12. The third-order valence-electron chi connectivity index (χ3n) is 5.61. The number of carbonyl (C=O) groups excluding carboxylic acids is 1. The molecule has 1 aliphatic heterocycles. The molecule has 0 spiro atoms. The van der Waals surface area contributed by atoms with Crippen molar-refractivity contribution in [3.63, 3.8) is 0 Å². The van der Waals surface area contributed by atoms with Crippen LogP contribution in [0.3, 0.4) is 0 Å². The van der Waals surface area contributed by atoms with Gasteiger partial charge >= 0.3 is 0 Å². The van der Waals surface area contributed by atoms with Crippen LogP contribution in [0.15, 0.2) is 52.4 Å². The second-order valence-electron chi connectivity index (χ2n) is 7.66. The predicted octanol–water partition coefficient (Wildman–Crippen LogP) is 4.36. The summed E-state index contributed by atoms with van der Waals surface area (Å²) >= 11 is 1.75. The van der Waals surface area contributed by atoms with Crippen LogP contribution in [0.4, 0.5) is 4.39 Å². The van der Waals surface area contributed by atoms with Gasteiger partial charge in [0.25, 0.3) is 11.6 Å². The summed E-state index contributed by atoms with van der Waals surface area (Å²) in [6, 6.07) is 12.0. The molecule has 4 heterocycles. The minimum absolute atomic E-state index is 0.0576. The largest absolute Gasteiger partial charge is 0.336 e. The van der Waals surface area contributed by atoms with E-state index < -0.39 is 0 Å². The maximum absolute atomic E-state index is 13.5. The van der Waals surface area contributed by atoms with Gasteiger partial charge in [-0.05, 0) is 48.7 Å². The third kappa shape index (κ3) is 3.96. The molecule has 4 aromatic rings. The number of nitrogens with zero attached hydrogens (tertiary/aromatic N) is 4. The Morgan fingerprint density at radius 1 is 1.16 bits per heavy atom. The van der Waals surface area contributed by atoms with Gasteiger partial charge in [-0.1, -0.05) is 11.2 Å². The number of hydrogen-bond donors (Lipinski definition) is 0. The zero-order valence-corrected chi connectivity index (χ0v) is 17.9. The molecule has 0 radical (unpaired) electrons. The molecule has 0 aliphatic carbocycles. The normalized spacial score (nSPS) is 15.0. The van der Waals surface area contributed by atoms with Crippen molar-refractivity contribution >= 4 is 28.3 Å². The standard InChI is InChI=1S/C23H21FN4O2S/c1-15-21-19(13-20(25-22(21)30-26-15)16-4-6-17(24)7-5-16)23(29)28-10-8-27(9-11-28)14-18-3-2-12-31-18/h2-7,12-13H,8-11,14H2,1H3. The van der Waals surface area contributed by atoms with Gasteiger partial charge in [-0.2, -0.15) is 0 Å². The van der Waals surface area contributed by atoms with Gasteiger partial charge in [0.15, 0.2) is 0 Å². The molecular weight excluding hydrogens is 415 g/mol. The quantitative estimate of drug-likeness (QED) is 0.476. The molecule has 5 rings (SSSR count). The maximum Gasteiger partial charge on any atom is 0.259 e. The van der Waals surface area contributed by atoms with Crippen LogP contribution in [-0.4, -0.2) is 52.0 Å². The second-order valence-corrected chi connectivity index (χ2v) is 8.69. The monoisotopic (exact) mass is 436 g/mol. The highest BCUT2D eigenvalue weighted by Crippen LogP contribution is 2.28. The Morgan fingerprint density at radius 2 is 1.94 bits per heavy atom. The fraction of sp³-hybridized carbons (Fsp3) is 0.261. The Hall–Kier alpha value is -3.10. The smallest absolute Gasteiger partial charge is 0.259 e. The highest BCUT2D eigenvalue weighted by Gasteiger charge is 2.26. The van der Waals surface area contributed by atoms with Gasteiger partial charge in [0, 0.05) is 43.2 Å². The maximum atomic E-state index is 13.5. The van der Waals surface area contributed by atoms with Crippen molar-refractivity contribution in [3.8, 4) is 11.3 Å². The van der Waals surface area contributed by atoms with Crippen LogP contribution in [0.25, 0.3) is 22.4 Å². The number of rotatable bonds is 4.